The molecule has 0 spiro atoms. The molecule has 1 heterocycles. The van der Waals surface area contributed by atoms with E-state index in [0.29, 0.717) is 15.1 Å². The van der Waals surface area contributed by atoms with Gasteiger partial charge in [-0.15, -0.1) is 4.68 Å². The highest BCUT2D eigenvalue weighted by Crippen LogP contribution is 2.35. The van der Waals surface area contributed by atoms with Gasteiger partial charge in [-0.05, 0) is 66.7 Å². The van der Waals surface area contributed by atoms with Gasteiger partial charge >= 0.3 is 17.7 Å². The Hall–Kier alpha value is -4.87. The number of rotatable bonds is 6. The Morgan fingerprint density at radius 3 is 2.16 bits per heavy atom. The molecule has 1 amide bonds. The maximum absolute atomic E-state index is 14.2. The van der Waals surface area contributed by atoms with Crippen LogP contribution < -0.4 is 15.3 Å². The highest BCUT2D eigenvalue weighted by Gasteiger charge is 2.29. The number of carbonyl (C=O) groups is 2. The van der Waals surface area contributed by atoms with Gasteiger partial charge < -0.3 is 9.84 Å². The molecule has 1 aromatic heterocycles. The molecular weight excluding hydrogens is 500 g/mol. The molecule has 4 aromatic rings. The number of hydrogen-bond acceptors (Lipinski definition) is 6. The first kappa shape index (κ1) is 27.7. The van der Waals surface area contributed by atoms with Gasteiger partial charge in [0, 0.05) is 6.04 Å². The van der Waals surface area contributed by atoms with Crippen LogP contribution in [0.25, 0.3) is 5.69 Å². The predicted octanol–water partition coefficient (Wildman–Crippen LogP) is 5.11. The number of nitrogens with zero attached hydrogens (tertiary/aromatic N) is 5. The molecule has 0 bridgehead atoms. The fourth-order valence-electron chi connectivity index (χ4n) is 3.44. The summed E-state index contributed by atoms with van der Waals surface area (Å²) in [6.07, 6.45) is 0. The van der Waals surface area contributed by atoms with Crippen LogP contribution >= 0.6 is 0 Å². The average molecular weight is 526 g/mol. The number of benzene rings is 3. The largest absolute Gasteiger partial charge is 0.478 e. The summed E-state index contributed by atoms with van der Waals surface area (Å²) in [5.41, 5.74) is -2.14. The number of tetrazole rings is 1. The van der Waals surface area contributed by atoms with E-state index in [1.165, 1.54) is 18.2 Å². The van der Waals surface area contributed by atoms with E-state index in [2.05, 4.69) is 10.4 Å². The third kappa shape index (κ3) is 5.59. The summed E-state index contributed by atoms with van der Waals surface area (Å²) in [4.78, 5) is 39.1. The molecule has 0 aliphatic rings. The standard InChI is InChI=1S/C24H19F2N5O5.C2H6/c1-14(2)29(19-13-15(22(32)33)11-12-20(19)36-16-7-4-3-5-8-16)23(34)31-24(35)30(27-28-31)21-17(25)9-6-10-18(21)26;1-2/h3-14H,1-2H3,(H,32,33);1-2H3. The van der Waals surface area contributed by atoms with E-state index in [9.17, 15) is 28.3 Å². The fraction of sp³-hybridized carbons (Fsp3) is 0.192. The molecule has 12 heteroatoms. The fourth-order valence-corrected chi connectivity index (χ4v) is 3.44. The second-order valence-electron chi connectivity index (χ2n) is 7.80. The number of hydrogen-bond donors (Lipinski definition) is 1. The van der Waals surface area contributed by atoms with Crippen molar-refractivity contribution in [3.63, 3.8) is 0 Å². The van der Waals surface area contributed by atoms with Gasteiger partial charge in [0.25, 0.3) is 0 Å². The van der Waals surface area contributed by atoms with Crippen LogP contribution in [-0.2, 0) is 0 Å². The van der Waals surface area contributed by atoms with Crippen molar-refractivity contribution in [1.29, 1.82) is 0 Å². The first-order valence-corrected chi connectivity index (χ1v) is 11.6. The summed E-state index contributed by atoms with van der Waals surface area (Å²) in [6, 6.07) is 13.7. The Morgan fingerprint density at radius 1 is 0.947 bits per heavy atom. The Morgan fingerprint density at radius 2 is 1.58 bits per heavy atom. The zero-order valence-electron chi connectivity index (χ0n) is 21.0. The minimum absolute atomic E-state index is 0.0253. The summed E-state index contributed by atoms with van der Waals surface area (Å²) in [5.74, 6) is -2.88. The zero-order chi connectivity index (χ0) is 28.0. The number of amides is 1. The number of aromatic carboxylic acids is 1. The van der Waals surface area contributed by atoms with Crippen molar-refractivity contribution in [3.05, 3.63) is 94.4 Å². The Labute approximate surface area is 216 Å². The number of anilines is 1. The topological polar surface area (TPSA) is 120 Å². The monoisotopic (exact) mass is 525 g/mol. The minimum Gasteiger partial charge on any atom is -0.478 e. The lowest BCUT2D eigenvalue weighted by Gasteiger charge is -2.27. The molecule has 198 valence electrons. The van der Waals surface area contributed by atoms with Crippen LogP contribution in [0.5, 0.6) is 11.5 Å². The lowest BCUT2D eigenvalue weighted by atomic mass is 10.1. The SMILES string of the molecule is CC.CC(C)N(C(=O)n1nnn(-c2c(F)cccc2F)c1=O)c1cc(C(=O)O)ccc1Oc1ccccc1. The van der Waals surface area contributed by atoms with Crippen molar-refractivity contribution in [3.8, 4) is 17.2 Å². The number of ether oxygens (including phenoxy) is 1. The van der Waals surface area contributed by atoms with Crippen molar-refractivity contribution < 1.29 is 28.2 Å². The lowest BCUT2D eigenvalue weighted by molar-refractivity contribution is 0.0696. The Bertz CT molecular complexity index is 1480. The van der Waals surface area contributed by atoms with Gasteiger partial charge in [-0.3, -0.25) is 4.90 Å². The molecule has 0 aliphatic carbocycles. The van der Waals surface area contributed by atoms with Gasteiger partial charge in [-0.2, -0.15) is 4.68 Å². The van der Waals surface area contributed by atoms with E-state index in [1.54, 1.807) is 44.2 Å². The van der Waals surface area contributed by atoms with E-state index < -0.39 is 41.1 Å². The van der Waals surface area contributed by atoms with Crippen LogP contribution in [0.2, 0.25) is 0 Å². The van der Waals surface area contributed by atoms with Crippen molar-refractivity contribution in [2.24, 2.45) is 0 Å². The van der Waals surface area contributed by atoms with E-state index in [4.69, 9.17) is 4.74 Å². The summed E-state index contributed by atoms with van der Waals surface area (Å²) in [5, 5.41) is 16.5. The average Bonchev–Trinajstić information content (AvgIpc) is 3.27. The number of carboxylic acids is 1. The summed E-state index contributed by atoms with van der Waals surface area (Å²) < 4.78 is 35.0. The molecule has 38 heavy (non-hydrogen) atoms. The van der Waals surface area contributed by atoms with Gasteiger partial charge in [0.2, 0.25) is 0 Å². The molecule has 0 fully saturated rings. The lowest BCUT2D eigenvalue weighted by Crippen LogP contribution is -2.45. The van der Waals surface area contributed by atoms with Gasteiger partial charge in [0.1, 0.15) is 11.4 Å². The first-order chi connectivity index (χ1) is 18.2. The predicted molar refractivity (Wildman–Crippen MR) is 135 cm³/mol. The maximum Gasteiger partial charge on any atom is 0.377 e. The van der Waals surface area contributed by atoms with Gasteiger partial charge in [0.15, 0.2) is 17.4 Å². The highest BCUT2D eigenvalue weighted by molar-refractivity contribution is 5.97. The van der Waals surface area contributed by atoms with E-state index in [1.807, 2.05) is 13.8 Å². The molecular formula is C26H25F2N5O5. The number of carbonyl (C=O) groups excluding carboxylic acids is 1. The third-order valence-electron chi connectivity index (χ3n) is 5.07. The minimum atomic E-state index is -1.25. The summed E-state index contributed by atoms with van der Waals surface area (Å²) in [7, 11) is 0. The van der Waals surface area contributed by atoms with E-state index in [-0.39, 0.29) is 17.0 Å². The number of aromatic nitrogens is 4. The molecule has 0 aliphatic heterocycles. The number of carboxylic acid groups (broad SMARTS) is 1. The van der Waals surface area contributed by atoms with Crippen LogP contribution in [0.4, 0.5) is 19.3 Å². The number of halogens is 2. The summed E-state index contributed by atoms with van der Waals surface area (Å²) >= 11 is 0. The number of para-hydroxylation sites is 2. The third-order valence-corrected chi connectivity index (χ3v) is 5.07. The van der Waals surface area contributed by atoms with Crippen LogP contribution in [0.3, 0.4) is 0 Å². The Balaban J connectivity index is 0.00000195. The van der Waals surface area contributed by atoms with Crippen molar-refractivity contribution in [1.82, 2.24) is 19.8 Å². The van der Waals surface area contributed by atoms with Crippen molar-refractivity contribution >= 4 is 17.7 Å². The van der Waals surface area contributed by atoms with Gasteiger partial charge in [-0.1, -0.05) is 38.1 Å². The molecule has 0 radical (unpaired) electrons. The van der Waals surface area contributed by atoms with Crippen molar-refractivity contribution in [2.75, 3.05) is 4.90 Å². The smallest absolute Gasteiger partial charge is 0.377 e. The second kappa shape index (κ2) is 11.9. The van der Waals surface area contributed by atoms with Crippen LogP contribution in [0.15, 0.2) is 71.5 Å². The van der Waals surface area contributed by atoms with E-state index in [0.717, 1.165) is 23.1 Å². The van der Waals surface area contributed by atoms with Crippen LogP contribution in [0.1, 0.15) is 38.1 Å². The molecule has 1 N–H and O–H groups in total. The van der Waals surface area contributed by atoms with Crippen LogP contribution in [-0.4, -0.2) is 42.9 Å². The van der Waals surface area contributed by atoms with Crippen LogP contribution in [0, 0.1) is 11.6 Å². The Kier molecular flexibility index (Phi) is 8.69. The maximum atomic E-state index is 14.2. The molecule has 0 atom stereocenters. The summed E-state index contributed by atoms with van der Waals surface area (Å²) in [6.45, 7) is 7.23. The molecule has 0 unspecified atom stereocenters. The van der Waals surface area contributed by atoms with Gasteiger partial charge in [0.05, 0.1) is 11.3 Å². The molecule has 0 saturated carbocycles. The quantitative estimate of drug-likeness (QED) is 0.348. The van der Waals surface area contributed by atoms with E-state index >= 15 is 0 Å². The first-order valence-electron chi connectivity index (χ1n) is 11.6. The highest BCUT2D eigenvalue weighted by atomic mass is 19.1. The molecule has 3 aromatic carbocycles. The van der Waals surface area contributed by atoms with Crippen molar-refractivity contribution in [2.45, 2.75) is 33.7 Å². The normalized spacial score (nSPS) is 10.5. The molecule has 0 saturated heterocycles. The van der Waals surface area contributed by atoms with Gasteiger partial charge in [-0.25, -0.2) is 23.2 Å². The molecule has 4 rings (SSSR count). The second-order valence-corrected chi connectivity index (χ2v) is 7.80. The molecule has 10 nitrogen and oxygen atoms in total. The zero-order valence-corrected chi connectivity index (χ0v) is 21.0.